The zero-order valence-corrected chi connectivity index (χ0v) is 21.9. The van der Waals surface area contributed by atoms with Crippen LogP contribution < -0.4 is 10.6 Å². The second-order valence-corrected chi connectivity index (χ2v) is 9.25. The number of allylic oxidation sites excluding steroid dienone is 1. The molecule has 3 aromatic rings. The molecule has 0 spiro atoms. The summed E-state index contributed by atoms with van der Waals surface area (Å²) in [5.41, 5.74) is 2.06. The van der Waals surface area contributed by atoms with E-state index in [1.54, 1.807) is 0 Å². The standard InChI is InChI=1S/C25H31F5N8O/c1-5-37(12-6-10-25(28,29)30)23-21(31-24(39)32-23)22(16(2)3)36(4)11-7-13-38-34-20(33-35-38)15-17-8-9-18(26)19(27)14-17/h5,8-9,14H,1,6-7,10-13,15H2,2-4H3,(H2,31,32,39). The first-order chi connectivity index (χ1) is 18.4. The Labute approximate surface area is 222 Å². The topological polar surface area (TPSA) is 98.7 Å². The highest BCUT2D eigenvalue weighted by atomic mass is 19.4. The van der Waals surface area contributed by atoms with E-state index in [2.05, 4.69) is 32.0 Å². The van der Waals surface area contributed by atoms with Gasteiger partial charge in [0.05, 0.1) is 12.2 Å². The Morgan fingerprint density at radius 2 is 1.87 bits per heavy atom. The molecule has 0 bridgehead atoms. The largest absolute Gasteiger partial charge is 0.389 e. The molecule has 0 atom stereocenters. The number of halogens is 5. The molecule has 0 saturated carbocycles. The molecule has 14 heteroatoms. The summed E-state index contributed by atoms with van der Waals surface area (Å²) in [6.07, 6.45) is -3.21. The van der Waals surface area contributed by atoms with Crippen molar-refractivity contribution in [1.29, 1.82) is 0 Å². The van der Waals surface area contributed by atoms with Gasteiger partial charge in [-0.2, -0.15) is 18.0 Å². The van der Waals surface area contributed by atoms with Crippen LogP contribution in [0.3, 0.4) is 0 Å². The molecular formula is C25H31F5N8O. The summed E-state index contributed by atoms with van der Waals surface area (Å²) < 4.78 is 64.5. The van der Waals surface area contributed by atoms with Gasteiger partial charge in [0.15, 0.2) is 17.5 Å². The highest BCUT2D eigenvalue weighted by Gasteiger charge is 2.27. The van der Waals surface area contributed by atoms with Crippen molar-refractivity contribution in [2.45, 2.75) is 52.3 Å². The number of rotatable bonds is 13. The van der Waals surface area contributed by atoms with Crippen molar-refractivity contribution in [1.82, 2.24) is 35.1 Å². The number of H-pyrrole nitrogens is 2. The van der Waals surface area contributed by atoms with E-state index in [0.717, 1.165) is 17.7 Å². The first-order valence-corrected chi connectivity index (χ1v) is 12.3. The third-order valence-electron chi connectivity index (χ3n) is 5.86. The molecule has 212 valence electrons. The quantitative estimate of drug-likeness (QED) is 0.299. The van der Waals surface area contributed by atoms with Crippen LogP contribution in [0.25, 0.3) is 5.70 Å². The molecule has 0 fully saturated rings. The molecule has 0 saturated heterocycles. The Hall–Kier alpha value is -3.97. The van der Waals surface area contributed by atoms with E-state index in [-0.39, 0.29) is 19.4 Å². The minimum atomic E-state index is -4.27. The van der Waals surface area contributed by atoms with Crippen LogP contribution in [0.1, 0.15) is 50.2 Å². The summed E-state index contributed by atoms with van der Waals surface area (Å²) >= 11 is 0. The third-order valence-corrected chi connectivity index (χ3v) is 5.86. The van der Waals surface area contributed by atoms with Gasteiger partial charge < -0.3 is 14.8 Å². The molecule has 2 aromatic heterocycles. The Bertz CT molecular complexity index is 1350. The number of aromatic nitrogens is 6. The second kappa shape index (κ2) is 12.7. The summed E-state index contributed by atoms with van der Waals surface area (Å²) in [6.45, 7) is 8.39. The van der Waals surface area contributed by atoms with E-state index in [0.29, 0.717) is 48.1 Å². The normalized spacial score (nSPS) is 11.5. The van der Waals surface area contributed by atoms with Crippen molar-refractivity contribution >= 4 is 11.5 Å². The number of alkyl halides is 3. The summed E-state index contributed by atoms with van der Waals surface area (Å²) in [7, 11) is 1.84. The van der Waals surface area contributed by atoms with Crippen molar-refractivity contribution in [3.63, 3.8) is 0 Å². The lowest BCUT2D eigenvalue weighted by molar-refractivity contribution is -0.134. The molecule has 39 heavy (non-hydrogen) atoms. The summed E-state index contributed by atoms with van der Waals surface area (Å²) in [5, 5.41) is 12.3. The van der Waals surface area contributed by atoms with Crippen LogP contribution in [-0.2, 0) is 13.0 Å². The maximum absolute atomic E-state index is 13.4. The monoisotopic (exact) mass is 554 g/mol. The minimum Gasteiger partial charge on any atom is -0.373 e. The lowest BCUT2D eigenvalue weighted by Gasteiger charge is -2.27. The van der Waals surface area contributed by atoms with Crippen molar-refractivity contribution in [2.24, 2.45) is 0 Å². The van der Waals surface area contributed by atoms with Crippen LogP contribution in [-0.4, -0.2) is 61.4 Å². The van der Waals surface area contributed by atoms with Crippen molar-refractivity contribution in [3.8, 4) is 0 Å². The van der Waals surface area contributed by atoms with Gasteiger partial charge in [-0.05, 0) is 55.8 Å². The number of imidazole rings is 1. The highest BCUT2D eigenvalue weighted by molar-refractivity contribution is 5.73. The predicted molar refractivity (Wildman–Crippen MR) is 137 cm³/mol. The first kappa shape index (κ1) is 29.6. The van der Waals surface area contributed by atoms with Crippen LogP contribution in [0.2, 0.25) is 0 Å². The maximum atomic E-state index is 13.4. The average molecular weight is 555 g/mol. The number of aryl methyl sites for hydroxylation is 1. The molecule has 3 rings (SSSR count). The van der Waals surface area contributed by atoms with Crippen LogP contribution in [0, 0.1) is 11.6 Å². The first-order valence-electron chi connectivity index (χ1n) is 12.3. The molecule has 0 unspecified atom stereocenters. The average Bonchev–Trinajstić information content (AvgIpc) is 3.44. The number of nitrogens with one attached hydrogen (secondary N) is 2. The maximum Gasteiger partial charge on any atom is 0.389 e. The van der Waals surface area contributed by atoms with Gasteiger partial charge in [0, 0.05) is 33.0 Å². The van der Waals surface area contributed by atoms with Crippen LogP contribution in [0.15, 0.2) is 41.3 Å². The molecular weight excluding hydrogens is 523 g/mol. The SMILES string of the molecule is C=CN(CCCC(F)(F)F)c1[nH]c(=O)[nH]c1C(=C(C)C)N(C)CCCn1nnc(Cc2ccc(F)c(F)c2)n1. The summed E-state index contributed by atoms with van der Waals surface area (Å²) in [5.74, 6) is -1.17. The van der Waals surface area contributed by atoms with Crippen molar-refractivity contribution in [3.05, 3.63) is 75.8 Å². The minimum absolute atomic E-state index is 0.0222. The molecule has 9 nitrogen and oxygen atoms in total. The Kier molecular flexibility index (Phi) is 9.65. The van der Waals surface area contributed by atoms with Gasteiger partial charge in [-0.25, -0.2) is 13.6 Å². The smallest absolute Gasteiger partial charge is 0.373 e. The van der Waals surface area contributed by atoms with E-state index in [1.165, 1.54) is 22.0 Å². The molecule has 0 aliphatic rings. The van der Waals surface area contributed by atoms with Gasteiger partial charge in [0.25, 0.3) is 0 Å². The van der Waals surface area contributed by atoms with Crippen LogP contribution in [0.4, 0.5) is 27.8 Å². The summed E-state index contributed by atoms with van der Waals surface area (Å²) in [4.78, 5) is 22.5. The van der Waals surface area contributed by atoms with Gasteiger partial charge in [0.2, 0.25) is 0 Å². The highest BCUT2D eigenvalue weighted by Crippen LogP contribution is 2.29. The van der Waals surface area contributed by atoms with Gasteiger partial charge >= 0.3 is 11.9 Å². The lowest BCUT2D eigenvalue weighted by Crippen LogP contribution is -2.24. The van der Waals surface area contributed by atoms with E-state index in [4.69, 9.17) is 0 Å². The number of tetrazole rings is 1. The zero-order chi connectivity index (χ0) is 28.7. The fraction of sp³-hybridized carbons (Fsp3) is 0.440. The third kappa shape index (κ3) is 8.26. The second-order valence-electron chi connectivity index (χ2n) is 9.25. The van der Waals surface area contributed by atoms with Crippen molar-refractivity contribution < 1.29 is 22.0 Å². The summed E-state index contributed by atoms with van der Waals surface area (Å²) in [6, 6.07) is 3.60. The molecule has 0 radical (unpaired) electrons. The van der Waals surface area contributed by atoms with E-state index in [1.807, 2.05) is 25.8 Å². The number of nitrogens with zero attached hydrogens (tertiary/aromatic N) is 6. The van der Waals surface area contributed by atoms with E-state index in [9.17, 15) is 26.7 Å². The fourth-order valence-electron chi connectivity index (χ4n) is 4.16. The van der Waals surface area contributed by atoms with Gasteiger partial charge in [0.1, 0.15) is 11.5 Å². The number of hydrogen-bond acceptors (Lipinski definition) is 6. The number of benzene rings is 1. The van der Waals surface area contributed by atoms with Gasteiger partial charge in [-0.1, -0.05) is 18.2 Å². The Morgan fingerprint density at radius 1 is 1.13 bits per heavy atom. The van der Waals surface area contributed by atoms with E-state index >= 15 is 0 Å². The molecule has 0 amide bonds. The molecule has 2 N–H and O–H groups in total. The fourth-order valence-corrected chi connectivity index (χ4v) is 4.16. The molecule has 2 heterocycles. The molecule has 0 aliphatic heterocycles. The molecule has 1 aromatic carbocycles. The lowest BCUT2D eigenvalue weighted by atomic mass is 10.1. The van der Waals surface area contributed by atoms with Crippen LogP contribution >= 0.6 is 0 Å². The predicted octanol–water partition coefficient (Wildman–Crippen LogP) is 4.62. The van der Waals surface area contributed by atoms with E-state index < -0.39 is 29.9 Å². The zero-order valence-electron chi connectivity index (χ0n) is 21.9. The van der Waals surface area contributed by atoms with Gasteiger partial charge in [-0.15, -0.1) is 10.2 Å². The number of aromatic amines is 2. The number of anilines is 1. The molecule has 0 aliphatic carbocycles. The van der Waals surface area contributed by atoms with Crippen molar-refractivity contribution in [2.75, 3.05) is 25.0 Å². The Balaban J connectivity index is 1.65. The van der Waals surface area contributed by atoms with Crippen LogP contribution in [0.5, 0.6) is 0 Å². The van der Waals surface area contributed by atoms with Gasteiger partial charge in [-0.3, -0.25) is 4.98 Å². The number of hydrogen-bond donors (Lipinski definition) is 2. The Morgan fingerprint density at radius 3 is 2.51 bits per heavy atom.